The summed E-state index contributed by atoms with van der Waals surface area (Å²) in [5.74, 6) is 0.996. The average molecular weight is 529 g/mol. The van der Waals surface area contributed by atoms with Gasteiger partial charge >= 0.3 is 5.97 Å². The minimum atomic E-state index is -0.373. The van der Waals surface area contributed by atoms with Crippen LogP contribution in [0.5, 0.6) is 0 Å². The van der Waals surface area contributed by atoms with Gasteiger partial charge < -0.3 is 14.5 Å². The molecular weight excluding hydrogens is 492 g/mol. The van der Waals surface area contributed by atoms with Gasteiger partial charge in [-0.15, -0.1) is 0 Å². The van der Waals surface area contributed by atoms with Crippen molar-refractivity contribution in [1.82, 2.24) is 19.4 Å². The van der Waals surface area contributed by atoms with Crippen molar-refractivity contribution in [3.05, 3.63) is 54.0 Å². The zero-order valence-electron chi connectivity index (χ0n) is 23.1. The third-order valence-corrected chi connectivity index (χ3v) is 8.38. The maximum atomic E-state index is 12.9. The number of carbonyl (C=O) groups excluding carboxylic acids is 2. The summed E-state index contributed by atoms with van der Waals surface area (Å²) in [6, 6.07) is 12.1. The maximum Gasteiger partial charge on any atom is 0.314 e. The van der Waals surface area contributed by atoms with Crippen LogP contribution < -0.4 is 4.90 Å². The van der Waals surface area contributed by atoms with Gasteiger partial charge in [-0.1, -0.05) is 45.0 Å². The van der Waals surface area contributed by atoms with Crippen LogP contribution in [0.15, 0.2) is 42.9 Å². The third-order valence-electron chi connectivity index (χ3n) is 8.38. The van der Waals surface area contributed by atoms with Crippen LogP contribution in [0.25, 0.3) is 11.0 Å². The van der Waals surface area contributed by atoms with Crippen molar-refractivity contribution >= 4 is 28.7 Å². The number of carbonyl (C=O) groups is 2. The first-order chi connectivity index (χ1) is 18.7. The summed E-state index contributed by atoms with van der Waals surface area (Å²) in [6.45, 7) is 10.6. The van der Waals surface area contributed by atoms with E-state index in [9.17, 15) is 9.59 Å². The Balaban J connectivity index is 1.26. The molecule has 3 atom stereocenters. The highest BCUT2D eigenvalue weighted by Gasteiger charge is 2.56. The summed E-state index contributed by atoms with van der Waals surface area (Å²) < 4.78 is 7.50. The van der Waals surface area contributed by atoms with E-state index in [1.165, 1.54) is 11.9 Å². The van der Waals surface area contributed by atoms with E-state index < -0.39 is 0 Å². The topological polar surface area (TPSA) is 104 Å². The Morgan fingerprint density at radius 2 is 1.95 bits per heavy atom. The van der Waals surface area contributed by atoms with Gasteiger partial charge in [0.05, 0.1) is 22.9 Å². The molecule has 5 rings (SSSR count). The van der Waals surface area contributed by atoms with E-state index in [0.717, 1.165) is 36.2 Å². The summed E-state index contributed by atoms with van der Waals surface area (Å²) in [7, 11) is 0. The lowest BCUT2D eigenvalue weighted by atomic mass is 9.74. The van der Waals surface area contributed by atoms with Crippen LogP contribution in [0.4, 0.5) is 5.82 Å². The van der Waals surface area contributed by atoms with Gasteiger partial charge in [-0.25, -0.2) is 9.97 Å². The van der Waals surface area contributed by atoms with E-state index in [1.54, 1.807) is 0 Å². The molecule has 0 unspecified atom stereocenters. The van der Waals surface area contributed by atoms with Crippen LogP contribution in [0.3, 0.4) is 0 Å². The van der Waals surface area contributed by atoms with Crippen molar-refractivity contribution < 1.29 is 14.3 Å². The monoisotopic (exact) mass is 528 g/mol. The van der Waals surface area contributed by atoms with Crippen LogP contribution in [0, 0.1) is 23.2 Å². The van der Waals surface area contributed by atoms with E-state index >= 15 is 0 Å². The molecular formula is C30H36N6O3. The molecule has 1 aromatic carbocycles. The molecule has 4 heterocycles. The largest absolute Gasteiger partial charge is 0.443 e. The van der Waals surface area contributed by atoms with Crippen molar-refractivity contribution in [3.8, 4) is 6.07 Å². The molecule has 0 bridgehead atoms. The Bertz CT molecular complexity index is 1410. The predicted molar refractivity (Wildman–Crippen MR) is 148 cm³/mol. The number of esters is 1. The van der Waals surface area contributed by atoms with Crippen LogP contribution in [-0.4, -0.2) is 56.5 Å². The summed E-state index contributed by atoms with van der Waals surface area (Å²) in [5.41, 5.74) is 2.64. The third kappa shape index (κ3) is 4.96. The molecule has 1 amide bonds. The van der Waals surface area contributed by atoms with Crippen molar-refractivity contribution in [3.63, 3.8) is 0 Å². The molecule has 0 radical (unpaired) electrons. The number of fused-ring (bicyclic) bond motifs is 1. The standard InChI is InChI=1S/C30H36N6O3/c1-20(2)15-23-5-7-24(8-6-23)22(4)29(38)39-19-35-13-10-25-27(32-18-33-28(25)35)34-14-11-30(17-34)21(3)16-36(30)26(37)9-12-31/h5-8,10,13,18,20-22H,9,11,14-17,19H2,1-4H3/t21-,22-,30-/m0/s1. The molecule has 9 heteroatoms. The number of nitrogens with zero attached hydrogens (tertiary/aromatic N) is 6. The summed E-state index contributed by atoms with van der Waals surface area (Å²) in [5, 5.41) is 9.87. The fourth-order valence-corrected chi connectivity index (χ4v) is 6.07. The Morgan fingerprint density at radius 1 is 1.18 bits per heavy atom. The number of anilines is 1. The maximum absolute atomic E-state index is 12.9. The van der Waals surface area contributed by atoms with E-state index in [2.05, 4.69) is 47.8 Å². The van der Waals surface area contributed by atoms with Crippen molar-refractivity contribution in [2.45, 2.75) is 65.1 Å². The zero-order chi connectivity index (χ0) is 27.7. The van der Waals surface area contributed by atoms with Crippen molar-refractivity contribution in [1.29, 1.82) is 5.26 Å². The molecule has 0 saturated carbocycles. The summed E-state index contributed by atoms with van der Waals surface area (Å²) >= 11 is 0. The number of aromatic nitrogens is 3. The Hall–Kier alpha value is -3.93. The van der Waals surface area contributed by atoms with Crippen LogP contribution in [-0.2, 0) is 27.5 Å². The molecule has 2 saturated heterocycles. The first kappa shape index (κ1) is 26.7. The first-order valence-electron chi connectivity index (χ1n) is 13.7. The molecule has 2 aromatic heterocycles. The van der Waals surface area contributed by atoms with Crippen LogP contribution >= 0.6 is 0 Å². The number of nitriles is 1. The van der Waals surface area contributed by atoms with Gasteiger partial charge in [-0.3, -0.25) is 14.2 Å². The van der Waals surface area contributed by atoms with Gasteiger partial charge in [-0.2, -0.15) is 5.26 Å². The molecule has 2 aliphatic heterocycles. The van der Waals surface area contributed by atoms with Crippen LogP contribution in [0.1, 0.15) is 57.6 Å². The number of likely N-dealkylation sites (tertiary alicyclic amines) is 1. The lowest BCUT2D eigenvalue weighted by Crippen LogP contribution is -2.69. The molecule has 3 aromatic rings. The quantitative estimate of drug-likeness (QED) is 0.402. The van der Waals surface area contributed by atoms with Gasteiger partial charge in [0, 0.05) is 25.8 Å². The number of hydrogen-bond acceptors (Lipinski definition) is 7. The fourth-order valence-electron chi connectivity index (χ4n) is 6.07. The van der Waals surface area contributed by atoms with Crippen molar-refractivity contribution in [2.24, 2.45) is 11.8 Å². The summed E-state index contributed by atoms with van der Waals surface area (Å²) in [4.78, 5) is 38.5. The van der Waals surface area contributed by atoms with E-state index in [-0.39, 0.29) is 36.5 Å². The molecule has 2 fully saturated rings. The fraction of sp³-hybridized carbons (Fsp3) is 0.500. The lowest BCUT2D eigenvalue weighted by Gasteiger charge is -2.55. The van der Waals surface area contributed by atoms with Gasteiger partial charge in [0.25, 0.3) is 0 Å². The number of amides is 1. The molecule has 0 N–H and O–H groups in total. The zero-order valence-corrected chi connectivity index (χ0v) is 23.1. The SMILES string of the molecule is CC(C)Cc1ccc([C@H](C)C(=O)OCn2ccc3c(N4CC[C@]5(C4)[C@@H](C)CN5C(=O)CC#N)ncnc32)cc1. The van der Waals surface area contributed by atoms with E-state index in [4.69, 9.17) is 10.00 Å². The highest BCUT2D eigenvalue weighted by molar-refractivity contribution is 5.88. The normalized spacial score (nSPS) is 21.3. The van der Waals surface area contributed by atoms with Gasteiger partial charge in [0.2, 0.25) is 5.91 Å². The lowest BCUT2D eigenvalue weighted by molar-refractivity contribution is -0.152. The molecule has 0 aliphatic carbocycles. The molecule has 2 aliphatic rings. The van der Waals surface area contributed by atoms with Gasteiger partial charge in [0.1, 0.15) is 24.2 Å². The second kappa shape index (κ2) is 10.7. The first-order valence-corrected chi connectivity index (χ1v) is 13.7. The highest BCUT2D eigenvalue weighted by Crippen LogP contribution is 2.45. The minimum Gasteiger partial charge on any atom is -0.443 e. The second-order valence-corrected chi connectivity index (χ2v) is 11.4. The predicted octanol–water partition coefficient (Wildman–Crippen LogP) is 4.28. The Kier molecular flexibility index (Phi) is 7.30. The van der Waals surface area contributed by atoms with Gasteiger partial charge in [0.15, 0.2) is 6.73 Å². The Morgan fingerprint density at radius 3 is 2.64 bits per heavy atom. The number of benzene rings is 1. The molecule has 9 nitrogen and oxygen atoms in total. The number of hydrogen-bond donors (Lipinski definition) is 0. The average Bonchev–Trinajstić information content (AvgIpc) is 3.57. The van der Waals surface area contributed by atoms with Gasteiger partial charge in [-0.05, 0) is 48.8 Å². The highest BCUT2D eigenvalue weighted by atomic mass is 16.5. The molecule has 1 spiro atoms. The molecule has 204 valence electrons. The number of rotatable bonds is 8. The van der Waals surface area contributed by atoms with E-state index in [1.807, 2.05) is 46.9 Å². The minimum absolute atomic E-state index is 0.0615. The second-order valence-electron chi connectivity index (χ2n) is 11.4. The van der Waals surface area contributed by atoms with Crippen LogP contribution in [0.2, 0.25) is 0 Å². The smallest absolute Gasteiger partial charge is 0.314 e. The molecule has 39 heavy (non-hydrogen) atoms. The Labute approximate surface area is 229 Å². The van der Waals surface area contributed by atoms with Crippen molar-refractivity contribution in [2.75, 3.05) is 24.5 Å². The van der Waals surface area contributed by atoms with E-state index in [0.29, 0.717) is 30.6 Å². The summed E-state index contributed by atoms with van der Waals surface area (Å²) in [6.07, 6.45) is 5.16. The number of ether oxygens (including phenoxy) is 1.